The molecule has 1 heterocycles. The number of nitrogens with one attached hydrogen (secondary N) is 2. The molecule has 1 aliphatic heterocycles. The normalized spacial score (nSPS) is 22.2. The van der Waals surface area contributed by atoms with Gasteiger partial charge < -0.3 is 39.8 Å². The van der Waals surface area contributed by atoms with Gasteiger partial charge >= 0.3 is 6.09 Å². The molecule has 1 saturated heterocycles. The van der Waals surface area contributed by atoms with Crippen molar-refractivity contribution >= 4 is 29.7 Å². The van der Waals surface area contributed by atoms with E-state index >= 15 is 0 Å². The Hall–Kier alpha value is -3.75. The second kappa shape index (κ2) is 21.2. The first kappa shape index (κ1) is 49.6. The summed E-state index contributed by atoms with van der Waals surface area (Å²) in [6.45, 7) is 20.2. The smallest absolute Gasteiger partial charge is 0.410 e. The lowest BCUT2D eigenvalue weighted by Gasteiger charge is -2.41. The van der Waals surface area contributed by atoms with Crippen LogP contribution in [0.3, 0.4) is 0 Å². The fourth-order valence-corrected chi connectivity index (χ4v) is 8.73. The van der Waals surface area contributed by atoms with Gasteiger partial charge in [-0.15, -0.1) is 0 Å². The number of aliphatic hydroxyl groups is 1. The van der Waals surface area contributed by atoms with Crippen molar-refractivity contribution in [3.63, 3.8) is 0 Å². The molecule has 12 atom stereocenters. The number of likely N-dealkylation sites (N-methyl/N-ethyl adjacent to an activating group) is 2. The SMILES string of the molecule is CC[C@H](C)[C@@H]([C@@H](CC(=O)N1C2C[C@H]2C[C@H]1[C@H](OC)[C@@H](C)C(=O)N[C@H](C)[C@@H](O)c1ccccc1)OC)N(C)C(=O)[C@@H](NC(=O)[C@H](C(C)C)N(C)C(=O)OC(C)(C)C)C(C)C. The zero-order chi connectivity index (χ0) is 44.7. The van der Waals surface area contributed by atoms with E-state index in [0.29, 0.717) is 24.3 Å². The number of carbonyl (C=O) groups excluding carboxylic acids is 5. The summed E-state index contributed by atoms with van der Waals surface area (Å²) in [5.41, 5.74) is -0.0530. The Labute approximate surface area is 353 Å². The summed E-state index contributed by atoms with van der Waals surface area (Å²) in [5.74, 6) is -2.20. The predicted molar refractivity (Wildman–Crippen MR) is 227 cm³/mol. The fraction of sp³-hybridized carbons (Fsp3) is 0.756. The van der Waals surface area contributed by atoms with Gasteiger partial charge in [0.2, 0.25) is 23.6 Å². The van der Waals surface area contributed by atoms with E-state index in [1.807, 2.05) is 76.8 Å². The number of ether oxygens (including phenoxy) is 3. The third-order valence-electron chi connectivity index (χ3n) is 12.3. The minimum atomic E-state index is -0.928. The van der Waals surface area contributed by atoms with Gasteiger partial charge in [-0.05, 0) is 69.8 Å². The summed E-state index contributed by atoms with van der Waals surface area (Å²) < 4.78 is 17.6. The molecule has 2 fully saturated rings. The van der Waals surface area contributed by atoms with Crippen LogP contribution in [0.1, 0.15) is 114 Å². The van der Waals surface area contributed by atoms with E-state index in [9.17, 15) is 29.1 Å². The molecule has 5 amide bonds. The molecule has 1 aromatic carbocycles. The average molecular weight is 830 g/mol. The molecule has 1 saturated carbocycles. The standard InChI is InChI=1S/C45H75N5O9/c1-16-27(6)38(48(12)43(55)36(25(2)3)47-42(54)37(26(4)5)49(13)44(56)59-45(9,10)11)34(57-14)24-35(51)50-32-22-31(32)23-33(50)40(58-15)28(7)41(53)46-29(8)39(52)30-20-18-17-19-21-30/h17-21,25-29,31-34,36-40,52H,16,22-24H2,1-15H3,(H,46,53)(H,47,54)/t27-,28+,29+,31-,32?,33-,34+,36-,37-,38-,39+,40+/m0/s1. The van der Waals surface area contributed by atoms with Crippen LogP contribution in [0.25, 0.3) is 0 Å². The number of likely N-dealkylation sites (tertiary alicyclic amines) is 1. The topological polar surface area (TPSA) is 167 Å². The molecule has 59 heavy (non-hydrogen) atoms. The Bertz CT molecular complexity index is 1570. The van der Waals surface area contributed by atoms with Crippen LogP contribution in [0.2, 0.25) is 0 Å². The highest BCUT2D eigenvalue weighted by molar-refractivity contribution is 5.92. The molecule has 0 bridgehead atoms. The Morgan fingerprint density at radius 3 is 1.98 bits per heavy atom. The van der Waals surface area contributed by atoms with Gasteiger partial charge in [0.05, 0.1) is 48.8 Å². The third-order valence-corrected chi connectivity index (χ3v) is 12.3. The van der Waals surface area contributed by atoms with Crippen LogP contribution in [0, 0.1) is 29.6 Å². The summed E-state index contributed by atoms with van der Waals surface area (Å²) in [4.78, 5) is 74.3. The number of hydrogen-bond acceptors (Lipinski definition) is 9. The number of piperidine rings is 1. The molecule has 0 spiro atoms. The molecule has 1 unspecified atom stereocenters. The zero-order valence-corrected chi connectivity index (χ0v) is 38.4. The molecule has 1 aliphatic carbocycles. The van der Waals surface area contributed by atoms with Crippen molar-refractivity contribution in [3.8, 4) is 0 Å². The molecular formula is C45H75N5O9. The summed E-state index contributed by atoms with van der Waals surface area (Å²) >= 11 is 0. The fourth-order valence-electron chi connectivity index (χ4n) is 8.73. The first-order valence-electron chi connectivity index (χ1n) is 21.4. The van der Waals surface area contributed by atoms with Gasteiger partial charge in [0.25, 0.3) is 0 Å². The van der Waals surface area contributed by atoms with Crippen LogP contribution >= 0.6 is 0 Å². The highest BCUT2D eigenvalue weighted by Crippen LogP contribution is 2.50. The maximum Gasteiger partial charge on any atom is 0.410 e. The molecule has 0 aromatic heterocycles. The van der Waals surface area contributed by atoms with Gasteiger partial charge in [0.1, 0.15) is 17.7 Å². The minimum Gasteiger partial charge on any atom is -0.444 e. The Balaban J connectivity index is 1.81. The highest BCUT2D eigenvalue weighted by atomic mass is 16.6. The van der Waals surface area contributed by atoms with Crippen molar-refractivity contribution in [3.05, 3.63) is 35.9 Å². The Kier molecular flexibility index (Phi) is 17.8. The number of nitrogens with zero attached hydrogens (tertiary/aromatic N) is 3. The maximum absolute atomic E-state index is 14.5. The van der Waals surface area contributed by atoms with Crippen molar-refractivity contribution < 1.29 is 43.3 Å². The zero-order valence-electron chi connectivity index (χ0n) is 38.4. The first-order valence-corrected chi connectivity index (χ1v) is 21.4. The number of amides is 5. The summed E-state index contributed by atoms with van der Waals surface area (Å²) in [7, 11) is 6.32. The van der Waals surface area contributed by atoms with E-state index in [1.54, 1.807) is 60.8 Å². The highest BCUT2D eigenvalue weighted by Gasteiger charge is 2.57. The predicted octanol–water partition coefficient (Wildman–Crippen LogP) is 5.18. The van der Waals surface area contributed by atoms with E-state index in [2.05, 4.69) is 10.6 Å². The molecule has 2 aliphatic rings. The van der Waals surface area contributed by atoms with E-state index in [-0.39, 0.29) is 54.0 Å². The summed E-state index contributed by atoms with van der Waals surface area (Å²) in [5, 5.41) is 16.8. The van der Waals surface area contributed by atoms with E-state index in [1.165, 1.54) is 11.9 Å². The Morgan fingerprint density at radius 1 is 0.864 bits per heavy atom. The maximum atomic E-state index is 14.5. The van der Waals surface area contributed by atoms with Crippen molar-refractivity contribution in [2.24, 2.45) is 29.6 Å². The lowest BCUT2D eigenvalue weighted by molar-refractivity contribution is -0.149. The minimum absolute atomic E-state index is 0.00499. The van der Waals surface area contributed by atoms with Gasteiger partial charge in [0, 0.05) is 34.4 Å². The second-order valence-corrected chi connectivity index (χ2v) is 18.6. The summed E-state index contributed by atoms with van der Waals surface area (Å²) in [6, 6.07) is 5.95. The van der Waals surface area contributed by atoms with Crippen LogP contribution in [0.4, 0.5) is 4.79 Å². The lowest BCUT2D eigenvalue weighted by atomic mass is 9.89. The monoisotopic (exact) mass is 830 g/mol. The van der Waals surface area contributed by atoms with Crippen molar-refractivity contribution in [2.75, 3.05) is 28.3 Å². The van der Waals surface area contributed by atoms with Crippen LogP contribution < -0.4 is 10.6 Å². The van der Waals surface area contributed by atoms with Crippen molar-refractivity contribution in [1.29, 1.82) is 0 Å². The lowest BCUT2D eigenvalue weighted by Crippen LogP contribution is -2.60. The van der Waals surface area contributed by atoms with E-state index in [0.717, 1.165) is 6.42 Å². The Morgan fingerprint density at radius 2 is 1.47 bits per heavy atom. The molecule has 334 valence electrons. The number of hydrogen-bond donors (Lipinski definition) is 3. The van der Waals surface area contributed by atoms with Crippen molar-refractivity contribution in [1.82, 2.24) is 25.3 Å². The molecule has 3 N–H and O–H groups in total. The van der Waals surface area contributed by atoms with Crippen molar-refractivity contribution in [2.45, 2.75) is 162 Å². The van der Waals surface area contributed by atoms with Gasteiger partial charge in [-0.1, -0.05) is 85.2 Å². The van der Waals surface area contributed by atoms with Crippen LogP contribution in [-0.4, -0.2) is 132 Å². The van der Waals surface area contributed by atoms with Gasteiger partial charge in [-0.2, -0.15) is 0 Å². The molecule has 3 rings (SSSR count). The molecule has 14 heteroatoms. The van der Waals surface area contributed by atoms with Crippen LogP contribution in [-0.2, 0) is 33.4 Å². The second-order valence-electron chi connectivity index (χ2n) is 18.6. The number of benzene rings is 1. The third kappa shape index (κ3) is 12.4. The molecular weight excluding hydrogens is 755 g/mol. The number of carbonyl (C=O) groups is 5. The summed E-state index contributed by atoms with van der Waals surface area (Å²) in [6.07, 6.45) is -0.542. The van der Waals surface area contributed by atoms with Gasteiger partial charge in [0.15, 0.2) is 0 Å². The number of aliphatic hydroxyl groups excluding tert-OH is 1. The van der Waals surface area contributed by atoms with E-state index < -0.39 is 66.0 Å². The average Bonchev–Trinajstić information content (AvgIpc) is 3.83. The number of methoxy groups -OCH3 is 2. The van der Waals surface area contributed by atoms with Crippen LogP contribution in [0.5, 0.6) is 0 Å². The number of rotatable bonds is 20. The van der Waals surface area contributed by atoms with Gasteiger partial charge in [-0.25, -0.2) is 4.79 Å². The largest absolute Gasteiger partial charge is 0.444 e. The van der Waals surface area contributed by atoms with E-state index in [4.69, 9.17) is 14.2 Å². The quantitative estimate of drug-likeness (QED) is 0.161. The molecule has 14 nitrogen and oxygen atoms in total. The molecule has 0 radical (unpaired) electrons. The number of fused-ring (bicyclic) bond motifs is 1. The molecule has 1 aromatic rings. The van der Waals surface area contributed by atoms with Gasteiger partial charge in [-0.3, -0.25) is 24.1 Å². The van der Waals surface area contributed by atoms with Crippen LogP contribution in [0.15, 0.2) is 30.3 Å². The first-order chi connectivity index (χ1) is 27.5.